The van der Waals surface area contributed by atoms with Crippen molar-refractivity contribution in [3.8, 4) is 5.75 Å². The van der Waals surface area contributed by atoms with Crippen LogP contribution in [0.15, 0.2) is 18.2 Å². The lowest BCUT2D eigenvalue weighted by Crippen LogP contribution is -2.15. The molecule has 3 heteroatoms. The minimum absolute atomic E-state index is 0.330. The lowest BCUT2D eigenvalue weighted by Gasteiger charge is -2.19. The average Bonchev–Trinajstić information content (AvgIpc) is 2.75. The van der Waals surface area contributed by atoms with Crippen molar-refractivity contribution in [1.29, 1.82) is 0 Å². The van der Waals surface area contributed by atoms with Gasteiger partial charge < -0.3 is 10.0 Å². The van der Waals surface area contributed by atoms with Gasteiger partial charge in [-0.3, -0.25) is 0 Å². The first-order chi connectivity index (χ1) is 9.95. The summed E-state index contributed by atoms with van der Waals surface area (Å²) in [5, 5.41) is 12.8. The molecule has 0 aliphatic carbocycles. The van der Waals surface area contributed by atoms with Crippen LogP contribution in [0.25, 0.3) is 10.8 Å². The number of alkyl halides is 1. The zero-order valence-electron chi connectivity index (χ0n) is 13.1. The van der Waals surface area contributed by atoms with Gasteiger partial charge in [0.15, 0.2) is 0 Å². The first kappa shape index (κ1) is 14.5. The molecule has 112 valence electrons. The summed E-state index contributed by atoms with van der Waals surface area (Å²) in [6.45, 7) is 7.38. The molecule has 1 aliphatic heterocycles. The first-order valence-electron chi connectivity index (χ1n) is 7.51. The third kappa shape index (κ3) is 2.08. The second-order valence-corrected chi connectivity index (χ2v) is 6.75. The van der Waals surface area contributed by atoms with Crippen LogP contribution in [0.2, 0.25) is 0 Å². The molecule has 1 atom stereocenters. The Morgan fingerprint density at radius 1 is 1.33 bits per heavy atom. The van der Waals surface area contributed by atoms with E-state index in [0.29, 0.717) is 23.5 Å². The van der Waals surface area contributed by atoms with Gasteiger partial charge in [0, 0.05) is 42.5 Å². The van der Waals surface area contributed by atoms with E-state index < -0.39 is 0 Å². The molecule has 2 aromatic rings. The number of halogens is 1. The van der Waals surface area contributed by atoms with Gasteiger partial charge in [0.25, 0.3) is 0 Å². The number of fused-ring (bicyclic) bond motifs is 3. The van der Waals surface area contributed by atoms with Crippen LogP contribution in [0.3, 0.4) is 0 Å². The fraction of sp³-hybridized carbons (Fsp3) is 0.444. The van der Waals surface area contributed by atoms with Crippen molar-refractivity contribution in [1.82, 2.24) is 0 Å². The number of hydrogen-bond donors (Lipinski definition) is 1. The van der Waals surface area contributed by atoms with Crippen molar-refractivity contribution >= 4 is 28.1 Å². The molecular weight excluding hydrogens is 282 g/mol. The zero-order valence-corrected chi connectivity index (χ0v) is 13.8. The van der Waals surface area contributed by atoms with Crippen molar-refractivity contribution in [3.05, 3.63) is 34.9 Å². The molecule has 0 bridgehead atoms. The Kier molecular flexibility index (Phi) is 3.53. The molecule has 2 aromatic carbocycles. The highest BCUT2D eigenvalue weighted by Gasteiger charge is 2.30. The number of aromatic hydroxyl groups is 1. The Labute approximate surface area is 131 Å². The van der Waals surface area contributed by atoms with Gasteiger partial charge in [0.05, 0.1) is 0 Å². The number of nitrogens with zero attached hydrogens (tertiary/aromatic N) is 1. The Morgan fingerprint density at radius 3 is 2.67 bits per heavy atom. The summed E-state index contributed by atoms with van der Waals surface area (Å²) in [5.74, 6) is 1.71. The van der Waals surface area contributed by atoms with E-state index in [0.717, 1.165) is 17.6 Å². The van der Waals surface area contributed by atoms with Gasteiger partial charge in [-0.2, -0.15) is 0 Å². The highest BCUT2D eigenvalue weighted by Crippen LogP contribution is 2.47. The number of phenolic OH excluding ortho intramolecular Hbond substituents is 1. The molecule has 2 nitrogen and oxygen atoms in total. The number of phenols is 1. The van der Waals surface area contributed by atoms with Gasteiger partial charge in [-0.05, 0) is 34.9 Å². The van der Waals surface area contributed by atoms with Crippen LogP contribution in [0.4, 0.5) is 5.69 Å². The van der Waals surface area contributed by atoms with Crippen LogP contribution >= 0.6 is 11.6 Å². The minimum atomic E-state index is 0.330. The molecule has 0 saturated heterocycles. The normalized spacial score (nSPS) is 17.8. The van der Waals surface area contributed by atoms with Crippen molar-refractivity contribution < 1.29 is 5.11 Å². The van der Waals surface area contributed by atoms with Crippen LogP contribution in [0, 0.1) is 6.92 Å². The van der Waals surface area contributed by atoms with E-state index in [1.165, 1.54) is 22.1 Å². The van der Waals surface area contributed by atoms with E-state index in [4.69, 9.17) is 11.6 Å². The number of aryl methyl sites for hydroxylation is 1. The summed E-state index contributed by atoms with van der Waals surface area (Å²) in [4.78, 5) is 2.20. The van der Waals surface area contributed by atoms with E-state index in [1.807, 2.05) is 6.07 Å². The van der Waals surface area contributed by atoms with E-state index >= 15 is 0 Å². The Morgan fingerprint density at radius 2 is 2.05 bits per heavy atom. The predicted molar refractivity (Wildman–Crippen MR) is 91.2 cm³/mol. The molecule has 3 rings (SSSR count). The SMILES string of the molecule is Cc1ccc(C(C)C)c2c(O)cc3c(c12)[C@H](CCl)CN3C. The molecule has 0 radical (unpaired) electrons. The molecule has 21 heavy (non-hydrogen) atoms. The highest BCUT2D eigenvalue weighted by atomic mass is 35.5. The molecule has 0 saturated carbocycles. The van der Waals surface area contributed by atoms with Crippen molar-refractivity contribution in [3.63, 3.8) is 0 Å². The van der Waals surface area contributed by atoms with Crippen molar-refractivity contribution in [2.75, 3.05) is 24.4 Å². The standard InChI is InChI=1S/C18H22ClNO/c1-10(2)13-6-5-11(3)16-17-12(8-19)9-20(4)14(17)7-15(21)18(13)16/h5-7,10,12,21H,8-9H2,1-4H3/t12-/m1/s1. The largest absolute Gasteiger partial charge is 0.507 e. The maximum Gasteiger partial charge on any atom is 0.125 e. The van der Waals surface area contributed by atoms with Gasteiger partial charge in [0.2, 0.25) is 0 Å². The fourth-order valence-electron chi connectivity index (χ4n) is 3.61. The number of hydrogen-bond acceptors (Lipinski definition) is 2. The molecule has 0 aromatic heterocycles. The van der Waals surface area contributed by atoms with Gasteiger partial charge in [-0.25, -0.2) is 0 Å². The van der Waals surface area contributed by atoms with Crippen LogP contribution in [-0.4, -0.2) is 24.6 Å². The third-order valence-corrected chi connectivity index (χ3v) is 5.02. The van der Waals surface area contributed by atoms with E-state index in [1.54, 1.807) is 0 Å². The first-order valence-corrected chi connectivity index (χ1v) is 8.05. The molecule has 0 fully saturated rings. The highest BCUT2D eigenvalue weighted by molar-refractivity contribution is 6.19. The molecule has 0 amide bonds. The lowest BCUT2D eigenvalue weighted by atomic mass is 9.87. The minimum Gasteiger partial charge on any atom is -0.507 e. The molecular formula is C18H22ClNO. The second kappa shape index (κ2) is 5.10. The fourth-order valence-corrected chi connectivity index (χ4v) is 3.86. The van der Waals surface area contributed by atoms with Gasteiger partial charge in [0.1, 0.15) is 5.75 Å². The summed E-state index contributed by atoms with van der Waals surface area (Å²) < 4.78 is 0. The average molecular weight is 304 g/mol. The number of benzene rings is 2. The van der Waals surface area contributed by atoms with Crippen molar-refractivity contribution in [2.24, 2.45) is 0 Å². The lowest BCUT2D eigenvalue weighted by molar-refractivity contribution is 0.481. The monoisotopic (exact) mass is 303 g/mol. The van der Waals surface area contributed by atoms with Crippen molar-refractivity contribution in [2.45, 2.75) is 32.6 Å². The molecule has 1 aliphatic rings. The summed E-state index contributed by atoms with van der Waals surface area (Å²) >= 11 is 6.21. The summed E-state index contributed by atoms with van der Waals surface area (Å²) in [6.07, 6.45) is 0. The molecule has 0 spiro atoms. The van der Waals surface area contributed by atoms with E-state index in [2.05, 4.69) is 44.9 Å². The van der Waals surface area contributed by atoms with Crippen LogP contribution in [0.1, 0.15) is 42.4 Å². The van der Waals surface area contributed by atoms with Crippen LogP contribution < -0.4 is 4.90 Å². The van der Waals surface area contributed by atoms with Crippen LogP contribution in [0.5, 0.6) is 5.75 Å². The van der Waals surface area contributed by atoms with Gasteiger partial charge in [-0.1, -0.05) is 26.0 Å². The quantitative estimate of drug-likeness (QED) is 0.809. The maximum atomic E-state index is 10.6. The summed E-state index contributed by atoms with van der Waals surface area (Å²) in [7, 11) is 2.07. The van der Waals surface area contributed by atoms with E-state index in [9.17, 15) is 5.11 Å². The number of anilines is 1. The molecule has 1 heterocycles. The molecule has 1 N–H and O–H groups in total. The number of likely N-dealkylation sites (N-methyl/N-ethyl adjacent to an activating group) is 1. The summed E-state index contributed by atoms with van der Waals surface area (Å²) in [6, 6.07) is 6.22. The zero-order chi connectivity index (χ0) is 15.3. The third-order valence-electron chi connectivity index (χ3n) is 4.64. The Balaban J connectivity index is 2.46. The Bertz CT molecular complexity index is 708. The van der Waals surface area contributed by atoms with Gasteiger partial charge >= 0.3 is 0 Å². The smallest absolute Gasteiger partial charge is 0.125 e. The Hall–Kier alpha value is -1.41. The maximum absolute atomic E-state index is 10.6. The molecule has 0 unspecified atom stereocenters. The second-order valence-electron chi connectivity index (χ2n) is 6.44. The van der Waals surface area contributed by atoms with Crippen LogP contribution in [-0.2, 0) is 0 Å². The summed E-state index contributed by atoms with van der Waals surface area (Å²) in [5.41, 5.74) is 4.85. The number of rotatable bonds is 2. The predicted octanol–water partition coefficient (Wildman–Crippen LogP) is 4.75. The topological polar surface area (TPSA) is 23.5 Å². The van der Waals surface area contributed by atoms with Gasteiger partial charge in [-0.15, -0.1) is 11.6 Å². The van der Waals surface area contributed by atoms with E-state index in [-0.39, 0.29) is 0 Å².